The number of carbonyl (C=O) groups excluding carboxylic acids is 4. The van der Waals surface area contributed by atoms with Crippen LogP contribution in [0.1, 0.15) is 46.0 Å². The Labute approximate surface area is 167 Å². The number of amides is 3. The number of benzene rings is 2. The topological polar surface area (TPSA) is 74.8 Å². The van der Waals surface area contributed by atoms with Gasteiger partial charge in [0.15, 0.2) is 5.78 Å². The Kier molecular flexibility index (Phi) is 5.61. The highest BCUT2D eigenvalue weighted by atomic mass is 35.5. The van der Waals surface area contributed by atoms with Crippen LogP contribution in [0.4, 0.5) is 0 Å². The van der Waals surface area contributed by atoms with Gasteiger partial charge in [-0.15, -0.1) is 0 Å². The zero-order valence-electron chi connectivity index (χ0n) is 15.5. The molecule has 1 fully saturated rings. The summed E-state index contributed by atoms with van der Waals surface area (Å²) in [5, 5.41) is 1.88. The second-order valence-corrected chi connectivity index (χ2v) is 7.04. The fourth-order valence-corrected chi connectivity index (χ4v) is 3.29. The van der Waals surface area contributed by atoms with Crippen molar-refractivity contribution in [3.8, 4) is 0 Å². The Morgan fingerprint density at radius 2 is 1.57 bits per heavy atom. The molecule has 1 aliphatic rings. The van der Waals surface area contributed by atoms with E-state index in [1.54, 1.807) is 36.4 Å². The summed E-state index contributed by atoms with van der Waals surface area (Å²) in [6.45, 7) is 3.39. The Balaban J connectivity index is 2.03. The Bertz CT molecular complexity index is 939. The first kappa shape index (κ1) is 19.8. The first-order valence-electron chi connectivity index (χ1n) is 8.86. The lowest BCUT2D eigenvalue weighted by molar-refractivity contribution is -0.154. The number of hydrogen-bond acceptors (Lipinski definition) is 4. The predicted molar refractivity (Wildman–Crippen MR) is 104 cm³/mol. The van der Waals surface area contributed by atoms with Crippen molar-refractivity contribution in [2.24, 2.45) is 0 Å². The van der Waals surface area contributed by atoms with Crippen LogP contribution in [0, 0.1) is 6.92 Å². The molecule has 6 nitrogen and oxygen atoms in total. The van der Waals surface area contributed by atoms with E-state index in [4.69, 9.17) is 11.6 Å². The van der Waals surface area contributed by atoms with Gasteiger partial charge in [-0.2, -0.15) is 5.01 Å². The minimum absolute atomic E-state index is 0.00340. The van der Waals surface area contributed by atoms with Crippen LogP contribution in [-0.4, -0.2) is 39.6 Å². The molecule has 1 heterocycles. The number of ketones is 1. The van der Waals surface area contributed by atoms with Gasteiger partial charge in [-0.05, 0) is 26.0 Å². The SMILES string of the molecule is Cc1ccc(C(=O)C(C)N(C(=O)c2ccccc2Cl)N2C(=O)CCC2=O)cc1. The Morgan fingerprint density at radius 3 is 2.14 bits per heavy atom. The van der Waals surface area contributed by atoms with Gasteiger partial charge in [-0.3, -0.25) is 19.2 Å². The van der Waals surface area contributed by atoms with E-state index in [1.165, 1.54) is 19.1 Å². The first-order chi connectivity index (χ1) is 13.3. The number of carbonyl (C=O) groups is 4. The fraction of sp³-hybridized carbons (Fsp3) is 0.238. The Hall–Kier alpha value is -2.99. The molecular weight excluding hydrogens is 380 g/mol. The minimum atomic E-state index is -1.07. The second kappa shape index (κ2) is 7.94. The highest BCUT2D eigenvalue weighted by Gasteiger charge is 2.42. The monoisotopic (exact) mass is 398 g/mol. The summed E-state index contributed by atoms with van der Waals surface area (Å²) in [5.74, 6) is -2.10. The molecule has 0 radical (unpaired) electrons. The van der Waals surface area contributed by atoms with Gasteiger partial charge in [0.1, 0.15) is 6.04 Å². The smallest absolute Gasteiger partial charge is 0.275 e. The lowest BCUT2D eigenvalue weighted by Gasteiger charge is -2.34. The molecule has 0 aliphatic carbocycles. The summed E-state index contributed by atoms with van der Waals surface area (Å²) < 4.78 is 0. The van der Waals surface area contributed by atoms with Gasteiger partial charge in [0.25, 0.3) is 5.91 Å². The molecule has 0 bridgehead atoms. The molecule has 7 heteroatoms. The third kappa shape index (κ3) is 3.68. The van der Waals surface area contributed by atoms with Crippen LogP contribution in [0.5, 0.6) is 0 Å². The third-order valence-corrected chi connectivity index (χ3v) is 4.96. The molecule has 2 aromatic carbocycles. The fourth-order valence-electron chi connectivity index (χ4n) is 3.07. The van der Waals surface area contributed by atoms with Gasteiger partial charge < -0.3 is 0 Å². The van der Waals surface area contributed by atoms with Gasteiger partial charge in [0, 0.05) is 18.4 Å². The minimum Gasteiger partial charge on any atom is -0.292 e. The van der Waals surface area contributed by atoms with Crippen LogP contribution in [0.15, 0.2) is 48.5 Å². The third-order valence-electron chi connectivity index (χ3n) is 4.64. The van der Waals surface area contributed by atoms with Crippen LogP contribution >= 0.6 is 11.6 Å². The number of hydrogen-bond donors (Lipinski definition) is 0. The van der Waals surface area contributed by atoms with E-state index in [9.17, 15) is 19.2 Å². The van der Waals surface area contributed by atoms with E-state index < -0.39 is 23.8 Å². The molecule has 1 saturated heterocycles. The zero-order valence-corrected chi connectivity index (χ0v) is 16.3. The van der Waals surface area contributed by atoms with E-state index in [0.717, 1.165) is 15.6 Å². The molecule has 1 unspecified atom stereocenters. The van der Waals surface area contributed by atoms with Crippen LogP contribution in [-0.2, 0) is 9.59 Å². The maximum absolute atomic E-state index is 13.2. The molecule has 0 N–H and O–H groups in total. The number of aryl methyl sites for hydroxylation is 1. The van der Waals surface area contributed by atoms with E-state index >= 15 is 0 Å². The lowest BCUT2D eigenvalue weighted by Crippen LogP contribution is -2.56. The number of hydrazine groups is 1. The maximum Gasteiger partial charge on any atom is 0.275 e. The van der Waals surface area contributed by atoms with E-state index in [-0.39, 0.29) is 29.2 Å². The maximum atomic E-state index is 13.2. The van der Waals surface area contributed by atoms with Crippen molar-refractivity contribution in [1.29, 1.82) is 0 Å². The molecule has 144 valence electrons. The molecule has 3 amide bonds. The summed E-state index contributed by atoms with van der Waals surface area (Å²) >= 11 is 6.14. The number of halogens is 1. The van der Waals surface area contributed by atoms with Crippen molar-refractivity contribution in [2.75, 3.05) is 0 Å². The van der Waals surface area contributed by atoms with Gasteiger partial charge in [-0.1, -0.05) is 53.6 Å². The van der Waals surface area contributed by atoms with Crippen molar-refractivity contribution in [3.63, 3.8) is 0 Å². The molecule has 28 heavy (non-hydrogen) atoms. The normalized spacial score (nSPS) is 14.9. The van der Waals surface area contributed by atoms with Crippen molar-refractivity contribution < 1.29 is 19.2 Å². The molecular formula is C21H19ClN2O4. The van der Waals surface area contributed by atoms with Crippen molar-refractivity contribution in [1.82, 2.24) is 10.0 Å². The second-order valence-electron chi connectivity index (χ2n) is 6.64. The van der Waals surface area contributed by atoms with Crippen molar-refractivity contribution >= 4 is 35.1 Å². The van der Waals surface area contributed by atoms with Crippen LogP contribution in [0.25, 0.3) is 0 Å². The quantitative estimate of drug-likeness (QED) is 0.571. The van der Waals surface area contributed by atoms with Crippen LogP contribution in [0.3, 0.4) is 0 Å². The van der Waals surface area contributed by atoms with Gasteiger partial charge in [-0.25, -0.2) is 5.01 Å². The number of nitrogens with zero attached hydrogens (tertiary/aromatic N) is 2. The molecule has 0 aromatic heterocycles. The highest BCUT2D eigenvalue weighted by Crippen LogP contribution is 2.25. The van der Waals surface area contributed by atoms with Crippen molar-refractivity contribution in [3.05, 3.63) is 70.2 Å². The molecule has 2 aromatic rings. The summed E-state index contributed by atoms with van der Waals surface area (Å²) in [5.41, 5.74) is 1.48. The zero-order chi connectivity index (χ0) is 20.4. The summed E-state index contributed by atoms with van der Waals surface area (Å²) in [6.07, 6.45) is -0.00679. The van der Waals surface area contributed by atoms with Crippen LogP contribution < -0.4 is 0 Å². The molecule has 1 atom stereocenters. The van der Waals surface area contributed by atoms with E-state index in [1.807, 2.05) is 6.92 Å². The number of Topliss-reactive ketones (excluding diaryl/α,β-unsaturated/α-hetero) is 1. The summed E-state index contributed by atoms with van der Waals surface area (Å²) in [7, 11) is 0. The lowest BCUT2D eigenvalue weighted by atomic mass is 10.0. The first-order valence-corrected chi connectivity index (χ1v) is 9.23. The van der Waals surface area contributed by atoms with E-state index in [2.05, 4.69) is 0 Å². The number of rotatable bonds is 5. The summed E-state index contributed by atoms with van der Waals surface area (Å²) in [4.78, 5) is 50.9. The number of imide groups is 1. The highest BCUT2D eigenvalue weighted by molar-refractivity contribution is 6.34. The van der Waals surface area contributed by atoms with Gasteiger partial charge in [0.2, 0.25) is 11.8 Å². The van der Waals surface area contributed by atoms with Crippen molar-refractivity contribution in [2.45, 2.75) is 32.7 Å². The molecule has 1 aliphatic heterocycles. The largest absolute Gasteiger partial charge is 0.292 e. The standard InChI is InChI=1S/C21H19ClN2O4/c1-13-7-9-15(10-8-13)20(27)14(2)23(24-18(25)11-12-19(24)26)21(28)16-5-3-4-6-17(16)22/h3-10,14H,11-12H2,1-2H3. The molecule has 0 saturated carbocycles. The van der Waals surface area contributed by atoms with Gasteiger partial charge >= 0.3 is 0 Å². The van der Waals surface area contributed by atoms with Crippen LogP contribution in [0.2, 0.25) is 5.02 Å². The average molecular weight is 399 g/mol. The predicted octanol–water partition coefficient (Wildman–Crippen LogP) is 3.43. The van der Waals surface area contributed by atoms with E-state index in [0.29, 0.717) is 5.56 Å². The molecule has 3 rings (SSSR count). The summed E-state index contributed by atoms with van der Waals surface area (Å²) in [6, 6.07) is 12.1. The average Bonchev–Trinajstić information content (AvgIpc) is 3.01. The van der Waals surface area contributed by atoms with Gasteiger partial charge in [0.05, 0.1) is 10.6 Å². The molecule has 0 spiro atoms. The Morgan fingerprint density at radius 1 is 1.00 bits per heavy atom.